The Morgan fingerprint density at radius 3 is 2.48 bits per heavy atom. The summed E-state index contributed by atoms with van der Waals surface area (Å²) in [7, 11) is -0.400. The Morgan fingerprint density at radius 1 is 1.35 bits per heavy atom. The lowest BCUT2D eigenvalue weighted by molar-refractivity contribution is -0.142. The number of rotatable bonds is 5. The lowest BCUT2D eigenvalue weighted by atomic mass is 9.79. The summed E-state index contributed by atoms with van der Waals surface area (Å²) in [4.78, 5) is 23.8. The molecule has 1 aromatic rings. The number of ether oxygens (including phenoxy) is 1. The van der Waals surface area contributed by atoms with E-state index >= 15 is 0 Å². The molecule has 0 spiro atoms. The molecule has 23 heavy (non-hydrogen) atoms. The maximum absolute atomic E-state index is 12.0. The van der Waals surface area contributed by atoms with Gasteiger partial charge in [-0.3, -0.25) is 4.79 Å². The largest absolute Gasteiger partial charge is 0.469 e. The van der Waals surface area contributed by atoms with E-state index in [1.54, 1.807) is 0 Å². The smallest absolute Gasteiger partial charge is 0.305 e. The van der Waals surface area contributed by atoms with E-state index in [0.717, 1.165) is 12.7 Å². The molecule has 0 saturated heterocycles. The summed E-state index contributed by atoms with van der Waals surface area (Å²) < 4.78 is 4.91. The first-order chi connectivity index (χ1) is 10.8. The minimum atomic E-state index is -1.82. The number of hydrogen-bond acceptors (Lipinski definition) is 3. The van der Waals surface area contributed by atoms with Gasteiger partial charge < -0.3 is 9.53 Å². The molecule has 0 amide bonds. The SMILES string of the molecule is COC(=O)C[C@@H]1[C@@H]([Si](C)(C)c2ccccc2)[C@H](C)C[C@]1(C)C=O. The predicted octanol–water partition coefficient (Wildman–Crippen LogP) is 3.40. The molecular formula is C19H28O3Si. The maximum Gasteiger partial charge on any atom is 0.305 e. The van der Waals surface area contributed by atoms with Crippen LogP contribution in [0.1, 0.15) is 26.7 Å². The van der Waals surface area contributed by atoms with E-state index < -0.39 is 13.5 Å². The molecule has 4 heteroatoms. The van der Waals surface area contributed by atoms with Crippen molar-refractivity contribution in [1.82, 2.24) is 0 Å². The lowest BCUT2D eigenvalue weighted by Gasteiger charge is -2.39. The molecule has 0 N–H and O–H groups in total. The fraction of sp³-hybridized carbons (Fsp3) is 0.579. The molecule has 1 aliphatic rings. The molecule has 1 aliphatic carbocycles. The van der Waals surface area contributed by atoms with Crippen LogP contribution in [-0.4, -0.2) is 27.4 Å². The molecule has 0 unspecified atom stereocenters. The fourth-order valence-corrected chi connectivity index (χ4v) is 9.29. The van der Waals surface area contributed by atoms with E-state index in [1.165, 1.54) is 12.3 Å². The number of esters is 1. The van der Waals surface area contributed by atoms with E-state index in [2.05, 4.69) is 44.3 Å². The topological polar surface area (TPSA) is 43.4 Å². The molecule has 3 nitrogen and oxygen atoms in total. The van der Waals surface area contributed by atoms with Gasteiger partial charge in [0.25, 0.3) is 0 Å². The van der Waals surface area contributed by atoms with Crippen LogP contribution in [0.2, 0.25) is 18.6 Å². The van der Waals surface area contributed by atoms with Crippen molar-refractivity contribution >= 4 is 25.5 Å². The second-order valence-electron chi connectivity index (χ2n) is 7.81. The van der Waals surface area contributed by atoms with Gasteiger partial charge in [-0.25, -0.2) is 0 Å². The van der Waals surface area contributed by atoms with Crippen LogP contribution in [0.3, 0.4) is 0 Å². The van der Waals surface area contributed by atoms with Gasteiger partial charge in [0, 0.05) is 11.8 Å². The van der Waals surface area contributed by atoms with Crippen LogP contribution in [0, 0.1) is 17.3 Å². The number of carbonyl (C=O) groups is 2. The number of carbonyl (C=O) groups excluding carboxylic acids is 2. The lowest BCUT2D eigenvalue weighted by Crippen LogP contribution is -2.50. The molecule has 4 atom stereocenters. The minimum Gasteiger partial charge on any atom is -0.469 e. The second kappa shape index (κ2) is 6.60. The molecule has 0 radical (unpaired) electrons. The first-order valence-electron chi connectivity index (χ1n) is 8.35. The van der Waals surface area contributed by atoms with Crippen LogP contribution in [0.5, 0.6) is 0 Å². The van der Waals surface area contributed by atoms with E-state index in [-0.39, 0.29) is 11.9 Å². The highest BCUT2D eigenvalue weighted by molar-refractivity contribution is 6.91. The monoisotopic (exact) mass is 332 g/mol. The molecule has 0 aromatic heterocycles. The van der Waals surface area contributed by atoms with Crippen LogP contribution in [0.4, 0.5) is 0 Å². The highest BCUT2D eigenvalue weighted by atomic mass is 28.3. The third kappa shape index (κ3) is 3.27. The van der Waals surface area contributed by atoms with Gasteiger partial charge in [0.1, 0.15) is 6.29 Å². The van der Waals surface area contributed by atoms with Crippen LogP contribution in [-0.2, 0) is 14.3 Å². The zero-order chi connectivity index (χ0) is 17.3. The van der Waals surface area contributed by atoms with Gasteiger partial charge >= 0.3 is 5.97 Å². The van der Waals surface area contributed by atoms with Gasteiger partial charge in [-0.2, -0.15) is 0 Å². The van der Waals surface area contributed by atoms with Crippen molar-refractivity contribution in [3.05, 3.63) is 30.3 Å². The van der Waals surface area contributed by atoms with Crippen LogP contribution in [0.25, 0.3) is 0 Å². The van der Waals surface area contributed by atoms with E-state index in [0.29, 0.717) is 17.9 Å². The minimum absolute atomic E-state index is 0.0596. The van der Waals surface area contributed by atoms with Crippen LogP contribution >= 0.6 is 0 Å². The van der Waals surface area contributed by atoms with Gasteiger partial charge in [0.2, 0.25) is 0 Å². The average Bonchev–Trinajstić information content (AvgIpc) is 2.79. The average molecular weight is 333 g/mol. The van der Waals surface area contributed by atoms with Crippen molar-refractivity contribution in [2.75, 3.05) is 7.11 Å². The third-order valence-corrected chi connectivity index (χ3v) is 10.3. The zero-order valence-corrected chi connectivity index (χ0v) is 15.8. The summed E-state index contributed by atoms with van der Waals surface area (Å²) in [6, 6.07) is 10.6. The Morgan fingerprint density at radius 2 is 1.96 bits per heavy atom. The highest BCUT2D eigenvalue weighted by Gasteiger charge is 2.55. The third-order valence-electron chi connectivity index (χ3n) is 5.89. The Hall–Kier alpha value is -1.42. The molecule has 126 valence electrons. The number of hydrogen-bond donors (Lipinski definition) is 0. The Labute approximate surface area is 140 Å². The normalized spacial score (nSPS) is 30.9. The Balaban J connectivity index is 2.44. The Bertz CT molecular complexity index is 569. The molecule has 0 aliphatic heterocycles. The van der Waals surface area contributed by atoms with Crippen molar-refractivity contribution in [3.63, 3.8) is 0 Å². The van der Waals surface area contributed by atoms with Gasteiger partial charge in [-0.05, 0) is 23.8 Å². The van der Waals surface area contributed by atoms with Gasteiger partial charge in [0.15, 0.2) is 0 Å². The maximum atomic E-state index is 12.0. The summed E-state index contributed by atoms with van der Waals surface area (Å²) in [5, 5.41) is 1.39. The molecule has 2 rings (SSSR count). The number of aldehydes is 1. The zero-order valence-electron chi connectivity index (χ0n) is 14.8. The Kier molecular flexibility index (Phi) is 5.14. The first kappa shape index (κ1) is 17.9. The summed E-state index contributed by atoms with van der Waals surface area (Å²) in [5.41, 5.74) is -0.0451. The summed E-state index contributed by atoms with van der Waals surface area (Å²) >= 11 is 0. The molecule has 0 bridgehead atoms. The molecule has 1 aromatic carbocycles. The fourth-order valence-electron chi connectivity index (χ4n) is 4.81. The van der Waals surface area contributed by atoms with Gasteiger partial charge in [-0.1, -0.05) is 62.5 Å². The predicted molar refractivity (Wildman–Crippen MR) is 95.4 cm³/mol. The van der Waals surface area contributed by atoms with Crippen LogP contribution < -0.4 is 5.19 Å². The first-order valence-corrected chi connectivity index (χ1v) is 11.4. The van der Waals surface area contributed by atoms with E-state index in [1.807, 2.05) is 13.0 Å². The van der Waals surface area contributed by atoms with Crippen molar-refractivity contribution in [3.8, 4) is 0 Å². The summed E-state index contributed by atoms with van der Waals surface area (Å²) in [5.74, 6) is 0.283. The molecule has 0 heterocycles. The number of benzene rings is 1. The van der Waals surface area contributed by atoms with E-state index in [9.17, 15) is 9.59 Å². The van der Waals surface area contributed by atoms with Gasteiger partial charge in [0.05, 0.1) is 15.2 Å². The standard InChI is InChI=1S/C19H28O3Si/c1-14-12-19(2,13-20)16(11-17(21)22-3)18(14)23(4,5)15-9-7-6-8-10-15/h6-10,13-14,16,18H,11-12H2,1-5H3/t14-,16-,18+,19-/m1/s1. The summed E-state index contributed by atoms with van der Waals surface area (Å²) in [6.07, 6.45) is 2.27. The van der Waals surface area contributed by atoms with Crippen molar-refractivity contribution in [2.24, 2.45) is 17.3 Å². The second-order valence-corrected chi connectivity index (χ2v) is 12.5. The van der Waals surface area contributed by atoms with Crippen LogP contribution in [0.15, 0.2) is 30.3 Å². The van der Waals surface area contributed by atoms with Crippen molar-refractivity contribution in [1.29, 1.82) is 0 Å². The quantitative estimate of drug-likeness (QED) is 0.471. The number of methoxy groups -OCH3 is 1. The highest BCUT2D eigenvalue weighted by Crippen LogP contribution is 2.57. The van der Waals surface area contributed by atoms with E-state index in [4.69, 9.17) is 4.74 Å². The summed E-state index contributed by atoms with van der Waals surface area (Å²) in [6.45, 7) is 8.98. The molecule has 1 fully saturated rings. The van der Waals surface area contributed by atoms with Crippen molar-refractivity contribution in [2.45, 2.75) is 45.3 Å². The molecular weight excluding hydrogens is 304 g/mol. The van der Waals surface area contributed by atoms with Gasteiger partial charge in [-0.15, -0.1) is 0 Å². The molecule has 1 saturated carbocycles. The van der Waals surface area contributed by atoms with Crippen molar-refractivity contribution < 1.29 is 14.3 Å².